The fourth-order valence-corrected chi connectivity index (χ4v) is 0.936. The highest BCUT2D eigenvalue weighted by Crippen LogP contribution is 2.00. The number of hydrogen-bond acceptors (Lipinski definition) is 6. The van der Waals surface area contributed by atoms with Gasteiger partial charge in [0, 0.05) is 11.1 Å². The van der Waals surface area contributed by atoms with Crippen LogP contribution in [0.3, 0.4) is 0 Å². The van der Waals surface area contributed by atoms with Crippen LogP contribution in [0.2, 0.25) is 0 Å². The second-order valence-corrected chi connectivity index (χ2v) is 3.81. The van der Waals surface area contributed by atoms with E-state index < -0.39 is 18.0 Å². The van der Waals surface area contributed by atoms with E-state index in [0.29, 0.717) is 0 Å². The van der Waals surface area contributed by atoms with Crippen LogP contribution in [0.15, 0.2) is 29.3 Å². The highest BCUT2D eigenvalue weighted by molar-refractivity contribution is 7.78. The summed E-state index contributed by atoms with van der Waals surface area (Å²) in [6.45, 7) is 9.82. The zero-order chi connectivity index (χ0) is 14.1. The Morgan fingerprint density at radius 2 is 1.56 bits per heavy atom. The molecule has 0 N–H and O–H groups in total. The quantitative estimate of drug-likeness (QED) is 0.304. The zero-order valence-corrected chi connectivity index (χ0v) is 11.2. The Kier molecular flexibility index (Phi) is 7.51. The predicted octanol–water partition coefficient (Wildman–Crippen LogP) is 1.70. The number of carbonyl (C=O) groups is 2. The van der Waals surface area contributed by atoms with Gasteiger partial charge < -0.3 is 9.47 Å². The molecule has 0 atom stereocenters. The fraction of sp³-hybridized carbons (Fsp3) is 0.417. The van der Waals surface area contributed by atoms with Crippen LogP contribution in [-0.2, 0) is 19.1 Å². The third-order valence-electron chi connectivity index (χ3n) is 1.75. The van der Waals surface area contributed by atoms with Gasteiger partial charge in [0.1, 0.15) is 19.3 Å². The summed E-state index contributed by atoms with van der Waals surface area (Å²) >= 11 is 4.46. The van der Waals surface area contributed by atoms with E-state index in [1.165, 1.54) is 13.8 Å². The van der Waals surface area contributed by atoms with Crippen LogP contribution in [0.4, 0.5) is 0 Å². The van der Waals surface area contributed by atoms with Gasteiger partial charge in [-0.2, -0.15) is 0 Å². The predicted molar refractivity (Wildman–Crippen MR) is 70.4 cm³/mol. The Morgan fingerprint density at radius 3 is 1.83 bits per heavy atom. The summed E-state index contributed by atoms with van der Waals surface area (Å²) in [7, 11) is 0. The molecule has 0 amide bonds. The molecule has 0 saturated carbocycles. The van der Waals surface area contributed by atoms with Crippen molar-refractivity contribution < 1.29 is 19.1 Å². The molecule has 0 aromatic heterocycles. The SMILES string of the molecule is C=C(C)C(=O)OCC(COC(=O)C(=C)C)N=C=S. The molecule has 0 bridgehead atoms. The van der Waals surface area contributed by atoms with Gasteiger partial charge in [-0.05, 0) is 26.1 Å². The second kappa shape index (κ2) is 8.33. The van der Waals surface area contributed by atoms with Crippen molar-refractivity contribution in [2.45, 2.75) is 19.9 Å². The molecule has 0 aliphatic heterocycles. The van der Waals surface area contributed by atoms with Gasteiger partial charge in [0.15, 0.2) is 0 Å². The summed E-state index contributed by atoms with van der Waals surface area (Å²) in [5.41, 5.74) is 0.554. The van der Waals surface area contributed by atoms with Gasteiger partial charge in [0.2, 0.25) is 0 Å². The summed E-state index contributed by atoms with van der Waals surface area (Å²) in [6, 6.07) is -0.575. The van der Waals surface area contributed by atoms with E-state index in [1.54, 1.807) is 0 Å². The number of carbonyl (C=O) groups excluding carboxylic acids is 2. The van der Waals surface area contributed by atoms with Gasteiger partial charge in [-0.25, -0.2) is 14.6 Å². The third kappa shape index (κ3) is 6.73. The minimum Gasteiger partial charge on any atom is -0.460 e. The molecule has 5 nitrogen and oxygen atoms in total. The van der Waals surface area contributed by atoms with E-state index in [9.17, 15) is 9.59 Å². The largest absolute Gasteiger partial charge is 0.460 e. The van der Waals surface area contributed by atoms with E-state index in [4.69, 9.17) is 9.47 Å². The molecule has 18 heavy (non-hydrogen) atoms. The molecule has 0 aliphatic rings. The Hall–Kier alpha value is -1.78. The van der Waals surface area contributed by atoms with Gasteiger partial charge >= 0.3 is 11.9 Å². The molecule has 0 fully saturated rings. The van der Waals surface area contributed by atoms with Crippen LogP contribution in [-0.4, -0.2) is 36.4 Å². The fourth-order valence-electron chi connectivity index (χ4n) is 0.787. The van der Waals surface area contributed by atoms with Crippen molar-refractivity contribution in [3.63, 3.8) is 0 Å². The number of hydrogen-bond donors (Lipinski definition) is 0. The summed E-state index contributed by atoms with van der Waals surface area (Å²) in [5, 5.41) is 2.15. The summed E-state index contributed by atoms with van der Waals surface area (Å²) < 4.78 is 9.76. The molecular formula is C12H15NO4S. The Balaban J connectivity index is 4.28. The first kappa shape index (κ1) is 16.2. The van der Waals surface area contributed by atoms with Crippen molar-refractivity contribution in [1.82, 2.24) is 0 Å². The maximum absolute atomic E-state index is 11.2. The minimum atomic E-state index is -0.575. The van der Waals surface area contributed by atoms with Gasteiger partial charge in [0.05, 0.1) is 5.16 Å². The van der Waals surface area contributed by atoms with E-state index in [2.05, 4.69) is 35.5 Å². The first-order valence-corrected chi connectivity index (χ1v) is 5.51. The zero-order valence-electron chi connectivity index (χ0n) is 10.4. The van der Waals surface area contributed by atoms with Gasteiger partial charge in [-0.15, -0.1) is 0 Å². The lowest BCUT2D eigenvalue weighted by Gasteiger charge is -2.12. The molecule has 0 unspecified atom stereocenters. The van der Waals surface area contributed by atoms with Crippen molar-refractivity contribution in [2.24, 2.45) is 4.99 Å². The van der Waals surface area contributed by atoms with E-state index >= 15 is 0 Å². The number of rotatable bonds is 7. The molecule has 0 rings (SSSR count). The van der Waals surface area contributed by atoms with Crippen LogP contribution in [0, 0.1) is 0 Å². The van der Waals surface area contributed by atoms with Crippen molar-refractivity contribution >= 4 is 29.3 Å². The maximum Gasteiger partial charge on any atom is 0.333 e. The normalized spacial score (nSPS) is 9.28. The molecule has 0 aromatic carbocycles. The lowest BCUT2D eigenvalue weighted by atomic mass is 10.3. The minimum absolute atomic E-state index is 0.0567. The topological polar surface area (TPSA) is 65.0 Å². The lowest BCUT2D eigenvalue weighted by Crippen LogP contribution is -2.24. The number of isothiocyanates is 1. The summed E-state index contributed by atoms with van der Waals surface area (Å²) in [6.07, 6.45) is 0. The highest BCUT2D eigenvalue weighted by Gasteiger charge is 2.14. The Morgan fingerprint density at radius 1 is 1.17 bits per heavy atom. The summed E-state index contributed by atoms with van der Waals surface area (Å²) in [4.78, 5) is 26.1. The van der Waals surface area contributed by atoms with Crippen molar-refractivity contribution in [3.8, 4) is 0 Å². The van der Waals surface area contributed by atoms with Crippen LogP contribution in [0.5, 0.6) is 0 Å². The van der Waals surface area contributed by atoms with Crippen LogP contribution in [0.1, 0.15) is 13.8 Å². The van der Waals surface area contributed by atoms with E-state index in [1.807, 2.05) is 0 Å². The molecule has 98 valence electrons. The molecule has 0 aromatic rings. The molecular weight excluding hydrogens is 254 g/mol. The molecule has 0 spiro atoms. The average Bonchev–Trinajstić information content (AvgIpc) is 2.31. The third-order valence-corrected chi connectivity index (χ3v) is 1.85. The number of thiocarbonyl (C=S) groups is 1. The standard InChI is InChI=1S/C12H15NO4S/c1-8(2)11(14)16-5-10(13-7-18)6-17-12(15)9(3)4/h10H,1,3,5-6H2,2,4H3. The number of esters is 2. The Labute approximate surface area is 111 Å². The van der Waals surface area contributed by atoms with Crippen LogP contribution in [0.25, 0.3) is 0 Å². The number of ether oxygens (including phenoxy) is 2. The Bertz CT molecular complexity index is 380. The van der Waals surface area contributed by atoms with E-state index in [0.717, 1.165) is 0 Å². The van der Waals surface area contributed by atoms with E-state index in [-0.39, 0.29) is 24.4 Å². The molecule has 0 heterocycles. The second-order valence-electron chi connectivity index (χ2n) is 3.63. The number of aliphatic imine (C=N–C) groups is 1. The van der Waals surface area contributed by atoms with Crippen molar-refractivity contribution in [3.05, 3.63) is 24.3 Å². The van der Waals surface area contributed by atoms with Crippen LogP contribution >= 0.6 is 12.2 Å². The molecule has 0 saturated heterocycles. The first-order valence-electron chi connectivity index (χ1n) is 5.10. The maximum atomic E-state index is 11.2. The number of nitrogens with zero attached hydrogens (tertiary/aromatic N) is 1. The highest BCUT2D eigenvalue weighted by atomic mass is 32.1. The van der Waals surface area contributed by atoms with Crippen molar-refractivity contribution in [1.29, 1.82) is 0 Å². The average molecular weight is 269 g/mol. The van der Waals surface area contributed by atoms with Gasteiger partial charge in [0.25, 0.3) is 0 Å². The monoisotopic (exact) mass is 269 g/mol. The van der Waals surface area contributed by atoms with Crippen LogP contribution < -0.4 is 0 Å². The molecule has 0 aliphatic carbocycles. The lowest BCUT2D eigenvalue weighted by molar-refractivity contribution is -0.142. The summed E-state index contributed by atoms with van der Waals surface area (Å²) in [5.74, 6) is -1.07. The van der Waals surface area contributed by atoms with Gasteiger partial charge in [-0.3, -0.25) is 0 Å². The first-order chi connectivity index (χ1) is 8.38. The molecule has 0 radical (unpaired) electrons. The smallest absolute Gasteiger partial charge is 0.333 e. The molecule has 6 heteroatoms. The van der Waals surface area contributed by atoms with Gasteiger partial charge in [-0.1, -0.05) is 13.2 Å². The van der Waals surface area contributed by atoms with Crippen molar-refractivity contribution in [2.75, 3.05) is 13.2 Å².